The molecule has 0 aromatic rings. The summed E-state index contributed by atoms with van der Waals surface area (Å²) in [5.74, 6) is -0.746. The van der Waals surface area contributed by atoms with Crippen molar-refractivity contribution in [2.24, 2.45) is 4.99 Å². The quantitative estimate of drug-likeness (QED) is 0.582. The third kappa shape index (κ3) is 4.38. The summed E-state index contributed by atoms with van der Waals surface area (Å²) in [5.41, 5.74) is -2.35. The normalized spacial score (nSPS) is 14.6. The van der Waals surface area contributed by atoms with Gasteiger partial charge in [0.1, 0.15) is 11.7 Å². The lowest BCUT2D eigenvalue weighted by Crippen LogP contribution is -2.40. The van der Waals surface area contributed by atoms with Crippen LogP contribution in [0.4, 0.5) is 0 Å². The maximum Gasteiger partial charge on any atom is 0.349 e. The van der Waals surface area contributed by atoms with E-state index in [1.165, 1.54) is 0 Å². The second-order valence-electron chi connectivity index (χ2n) is 4.18. The molecule has 0 fully saturated rings. The van der Waals surface area contributed by atoms with Gasteiger partial charge in [0.2, 0.25) is 5.54 Å². The Morgan fingerprint density at radius 3 is 2.19 bits per heavy atom. The summed E-state index contributed by atoms with van der Waals surface area (Å²) in [6, 6.07) is 1.79. The van der Waals surface area contributed by atoms with Gasteiger partial charge in [0.05, 0.1) is 0 Å². The number of carbonyl (C=O) groups excluding carboxylic acids is 1. The Bertz CT molecular complexity index is 338. The minimum Gasteiger partial charge on any atom is -0.457 e. The van der Waals surface area contributed by atoms with Crippen molar-refractivity contribution in [2.75, 3.05) is 0 Å². The zero-order valence-electron chi connectivity index (χ0n) is 9.67. The highest BCUT2D eigenvalue weighted by Gasteiger charge is 2.40. The second kappa shape index (κ2) is 5.51. The summed E-state index contributed by atoms with van der Waals surface area (Å²) in [5, 5.41) is 9.02. The largest absolute Gasteiger partial charge is 0.457 e. The molecule has 4 nitrogen and oxygen atoms in total. The number of hydrogen-bond acceptors (Lipinski definition) is 4. The van der Waals surface area contributed by atoms with Gasteiger partial charge in [-0.05, 0) is 50.4 Å². The molecule has 0 saturated heterocycles. The summed E-state index contributed by atoms with van der Waals surface area (Å²) in [6.45, 7) is 6.74. The number of hydrogen-bond donors (Lipinski definition) is 0. The number of rotatable bonds is 3. The van der Waals surface area contributed by atoms with E-state index < -0.39 is 17.1 Å². The van der Waals surface area contributed by atoms with Gasteiger partial charge in [0, 0.05) is 0 Å². The molecular formula is C10H14Cl2N2O2. The minimum atomic E-state index is -1.66. The maximum absolute atomic E-state index is 11.8. The second-order valence-corrected chi connectivity index (χ2v) is 5.09. The zero-order valence-corrected chi connectivity index (χ0v) is 11.2. The Morgan fingerprint density at radius 2 is 1.94 bits per heavy atom. The van der Waals surface area contributed by atoms with Gasteiger partial charge in [-0.1, -0.05) is 6.92 Å². The van der Waals surface area contributed by atoms with Crippen LogP contribution in [-0.4, -0.2) is 21.7 Å². The maximum atomic E-state index is 11.8. The molecule has 90 valence electrons. The van der Waals surface area contributed by atoms with Crippen LogP contribution in [0.2, 0.25) is 0 Å². The lowest BCUT2D eigenvalue weighted by atomic mass is 9.99. The van der Waals surface area contributed by atoms with Crippen LogP contribution in [0.1, 0.15) is 34.1 Å². The lowest BCUT2D eigenvalue weighted by molar-refractivity contribution is -0.159. The van der Waals surface area contributed by atoms with E-state index >= 15 is 0 Å². The first-order valence-electron chi connectivity index (χ1n) is 4.72. The van der Waals surface area contributed by atoms with Crippen molar-refractivity contribution in [2.45, 2.75) is 45.3 Å². The van der Waals surface area contributed by atoms with E-state index in [0.29, 0.717) is 0 Å². The van der Waals surface area contributed by atoms with Gasteiger partial charge in [-0.2, -0.15) is 5.26 Å². The molecule has 1 atom stereocenters. The van der Waals surface area contributed by atoms with Crippen molar-refractivity contribution in [3.63, 3.8) is 0 Å². The van der Waals surface area contributed by atoms with Gasteiger partial charge in [0.25, 0.3) is 0 Å². The van der Waals surface area contributed by atoms with Crippen LogP contribution >= 0.6 is 23.2 Å². The highest BCUT2D eigenvalue weighted by molar-refractivity contribution is 6.95. The molecule has 0 aromatic carbocycles. The molecule has 0 aromatic heterocycles. The van der Waals surface area contributed by atoms with Crippen LogP contribution in [0, 0.1) is 11.3 Å². The van der Waals surface area contributed by atoms with Crippen molar-refractivity contribution in [3.05, 3.63) is 0 Å². The van der Waals surface area contributed by atoms with E-state index in [2.05, 4.69) is 4.99 Å². The minimum absolute atomic E-state index is 0.140. The summed E-state index contributed by atoms with van der Waals surface area (Å²) in [7, 11) is 0. The van der Waals surface area contributed by atoms with Crippen LogP contribution in [0.15, 0.2) is 4.99 Å². The van der Waals surface area contributed by atoms with Crippen molar-refractivity contribution in [3.8, 4) is 6.07 Å². The fourth-order valence-electron chi connectivity index (χ4n) is 0.926. The van der Waals surface area contributed by atoms with E-state index in [9.17, 15) is 4.79 Å². The number of nitrogens with zero attached hydrogens (tertiary/aromatic N) is 2. The van der Waals surface area contributed by atoms with Crippen molar-refractivity contribution < 1.29 is 9.53 Å². The standard InChI is InChI=1S/C10H14Cl2N2O2/c1-5-10(6-13,14-8(11)12)7(15)16-9(2,3)4/h5H2,1-4H3. The number of carbonyl (C=O) groups is 1. The van der Waals surface area contributed by atoms with Gasteiger partial charge >= 0.3 is 5.97 Å². The average molecular weight is 265 g/mol. The van der Waals surface area contributed by atoms with Crippen LogP contribution < -0.4 is 0 Å². The van der Waals surface area contributed by atoms with Gasteiger partial charge in [-0.3, -0.25) is 0 Å². The van der Waals surface area contributed by atoms with Gasteiger partial charge in [-0.15, -0.1) is 0 Å². The van der Waals surface area contributed by atoms with E-state index in [1.807, 2.05) is 0 Å². The molecule has 1 unspecified atom stereocenters. The predicted octanol–water partition coefficient (Wildman–Crippen LogP) is 2.83. The molecule has 0 bridgehead atoms. The Kier molecular flexibility index (Phi) is 5.24. The first-order chi connectivity index (χ1) is 7.17. The third-order valence-corrected chi connectivity index (χ3v) is 1.88. The van der Waals surface area contributed by atoms with E-state index in [-0.39, 0.29) is 11.1 Å². The van der Waals surface area contributed by atoms with Crippen LogP contribution in [0.25, 0.3) is 0 Å². The van der Waals surface area contributed by atoms with E-state index in [0.717, 1.165) is 0 Å². The molecule has 0 amide bonds. The Hall–Kier alpha value is -0.790. The summed E-state index contributed by atoms with van der Waals surface area (Å²) in [6.07, 6.45) is 0.140. The van der Waals surface area contributed by atoms with Gasteiger partial charge < -0.3 is 4.74 Å². The molecule has 6 heteroatoms. The SMILES string of the molecule is CCC(C#N)(N=C(Cl)Cl)C(=O)OC(C)(C)C. The molecule has 0 aliphatic rings. The number of aliphatic imine (C=N–C) groups is 1. The van der Waals surface area contributed by atoms with E-state index in [4.69, 9.17) is 33.2 Å². The van der Waals surface area contributed by atoms with Crippen molar-refractivity contribution in [1.29, 1.82) is 5.26 Å². The van der Waals surface area contributed by atoms with Crippen LogP contribution in [0.5, 0.6) is 0 Å². The monoisotopic (exact) mass is 264 g/mol. The molecule has 0 N–H and O–H groups in total. The van der Waals surface area contributed by atoms with Gasteiger partial charge in [0.15, 0.2) is 4.63 Å². The Morgan fingerprint density at radius 1 is 1.44 bits per heavy atom. The zero-order chi connectivity index (χ0) is 13.0. The van der Waals surface area contributed by atoms with Crippen molar-refractivity contribution >= 4 is 33.8 Å². The van der Waals surface area contributed by atoms with Crippen molar-refractivity contribution in [1.82, 2.24) is 0 Å². The van der Waals surface area contributed by atoms with Crippen LogP contribution in [0.3, 0.4) is 0 Å². The molecule has 0 spiro atoms. The number of halogens is 2. The molecule has 0 aliphatic heterocycles. The highest BCUT2D eigenvalue weighted by Crippen LogP contribution is 2.22. The summed E-state index contributed by atoms with van der Waals surface area (Å²) >= 11 is 10.8. The smallest absolute Gasteiger partial charge is 0.349 e. The molecular weight excluding hydrogens is 251 g/mol. The Labute approximate surface area is 105 Å². The molecule has 0 saturated carbocycles. The van der Waals surface area contributed by atoms with Gasteiger partial charge in [-0.25, -0.2) is 9.79 Å². The summed E-state index contributed by atoms with van der Waals surface area (Å²) < 4.78 is 4.73. The van der Waals surface area contributed by atoms with Crippen LogP contribution in [-0.2, 0) is 9.53 Å². The number of esters is 1. The number of ether oxygens (including phenoxy) is 1. The highest BCUT2D eigenvalue weighted by atomic mass is 35.5. The average Bonchev–Trinajstić information content (AvgIpc) is 2.11. The fourth-order valence-corrected chi connectivity index (χ4v) is 1.21. The predicted molar refractivity (Wildman–Crippen MR) is 63.6 cm³/mol. The molecule has 0 radical (unpaired) electrons. The fraction of sp³-hybridized carbons (Fsp3) is 0.700. The molecule has 0 heterocycles. The lowest BCUT2D eigenvalue weighted by Gasteiger charge is -2.25. The topological polar surface area (TPSA) is 62.5 Å². The first-order valence-corrected chi connectivity index (χ1v) is 5.48. The molecule has 0 aliphatic carbocycles. The summed E-state index contributed by atoms with van der Waals surface area (Å²) in [4.78, 5) is 15.5. The Balaban J connectivity index is 5.16. The molecule has 0 rings (SSSR count). The molecule has 16 heavy (non-hydrogen) atoms. The van der Waals surface area contributed by atoms with E-state index in [1.54, 1.807) is 33.8 Å². The first kappa shape index (κ1) is 15.2. The number of nitriles is 1. The third-order valence-electron chi connectivity index (χ3n) is 1.71.